The topological polar surface area (TPSA) is 51.1 Å². The molecule has 2 heterocycles. The van der Waals surface area contributed by atoms with Crippen molar-refractivity contribution in [1.82, 2.24) is 9.88 Å². The second-order valence-electron chi connectivity index (χ2n) is 5.22. The van der Waals surface area contributed by atoms with Crippen LogP contribution in [0.1, 0.15) is 29.8 Å². The number of hydrogen-bond donors (Lipinski definition) is 1. The Morgan fingerprint density at radius 1 is 1.44 bits per heavy atom. The number of rotatable bonds is 4. The minimum atomic E-state index is -2.82. The molecule has 1 atom stereocenters. The normalized spacial score (nSPS) is 22.5. The average Bonchev–Trinajstić information content (AvgIpc) is 2.75. The van der Waals surface area contributed by atoms with Crippen LogP contribution in [0.4, 0.5) is 0 Å². The molecular formula is C13H22N2O2S. The molecule has 1 aromatic heterocycles. The Labute approximate surface area is 109 Å². The molecular weight excluding hydrogens is 248 g/mol. The highest BCUT2D eigenvalue weighted by Crippen LogP contribution is 2.19. The fourth-order valence-corrected chi connectivity index (χ4v) is 4.37. The average molecular weight is 270 g/mol. The zero-order valence-electron chi connectivity index (χ0n) is 11.4. The molecule has 18 heavy (non-hydrogen) atoms. The van der Waals surface area contributed by atoms with Gasteiger partial charge >= 0.3 is 0 Å². The molecule has 1 saturated heterocycles. The number of nitrogens with zero attached hydrogens (tertiary/aromatic N) is 1. The van der Waals surface area contributed by atoms with E-state index >= 15 is 0 Å². The summed E-state index contributed by atoms with van der Waals surface area (Å²) in [5, 5.41) is 3.11. The molecule has 5 heteroatoms. The third-order valence-electron chi connectivity index (χ3n) is 4.03. The summed E-state index contributed by atoms with van der Waals surface area (Å²) in [5.41, 5.74) is 3.73. The fraction of sp³-hybridized carbons (Fsp3) is 0.692. The van der Waals surface area contributed by atoms with Gasteiger partial charge in [-0.1, -0.05) is 0 Å². The van der Waals surface area contributed by atoms with Crippen LogP contribution < -0.4 is 5.32 Å². The maximum atomic E-state index is 11.7. The third kappa shape index (κ3) is 2.62. The Kier molecular flexibility index (Phi) is 3.82. The van der Waals surface area contributed by atoms with E-state index in [1.807, 2.05) is 0 Å². The summed E-state index contributed by atoms with van der Waals surface area (Å²) in [6.07, 6.45) is 1.63. The highest BCUT2D eigenvalue weighted by Gasteiger charge is 2.30. The van der Waals surface area contributed by atoms with Crippen molar-refractivity contribution in [2.75, 3.05) is 12.3 Å². The Morgan fingerprint density at radius 2 is 2.17 bits per heavy atom. The number of aryl methyl sites for hydroxylation is 1. The lowest BCUT2D eigenvalue weighted by Gasteiger charge is -2.10. The molecule has 1 aromatic rings. The first-order valence-electron chi connectivity index (χ1n) is 6.46. The summed E-state index contributed by atoms with van der Waals surface area (Å²) in [5.74, 6) is 0.364. The Bertz CT molecular complexity index is 531. The third-order valence-corrected chi connectivity index (χ3v) is 6.31. The second-order valence-corrected chi connectivity index (χ2v) is 7.62. The first-order valence-corrected chi connectivity index (χ1v) is 8.17. The van der Waals surface area contributed by atoms with Crippen LogP contribution in [0, 0.1) is 13.8 Å². The first-order chi connectivity index (χ1) is 8.42. The van der Waals surface area contributed by atoms with E-state index in [0.717, 1.165) is 19.4 Å². The van der Waals surface area contributed by atoms with Crippen molar-refractivity contribution in [3.63, 3.8) is 0 Å². The summed E-state index contributed by atoms with van der Waals surface area (Å²) in [6, 6.07) is 2.16. The van der Waals surface area contributed by atoms with Gasteiger partial charge in [0.2, 0.25) is 0 Å². The molecule has 0 aliphatic carbocycles. The van der Waals surface area contributed by atoms with E-state index in [4.69, 9.17) is 0 Å². The molecule has 0 amide bonds. The van der Waals surface area contributed by atoms with Crippen LogP contribution in [0.3, 0.4) is 0 Å². The minimum Gasteiger partial charge on any atom is -0.352 e. The van der Waals surface area contributed by atoms with Crippen molar-refractivity contribution in [1.29, 1.82) is 0 Å². The lowest BCUT2D eigenvalue weighted by molar-refractivity contribution is 0.573. The zero-order chi connectivity index (χ0) is 13.3. The van der Waals surface area contributed by atoms with Crippen molar-refractivity contribution >= 4 is 9.84 Å². The molecule has 1 N–H and O–H groups in total. The summed E-state index contributed by atoms with van der Waals surface area (Å²) in [7, 11) is -0.771. The number of hydrogen-bond acceptors (Lipinski definition) is 3. The quantitative estimate of drug-likeness (QED) is 0.897. The molecule has 1 fully saturated rings. The summed E-state index contributed by atoms with van der Waals surface area (Å²) in [4.78, 5) is 0. The lowest BCUT2D eigenvalue weighted by atomic mass is 10.2. The van der Waals surface area contributed by atoms with E-state index in [-0.39, 0.29) is 5.25 Å². The van der Waals surface area contributed by atoms with Gasteiger partial charge in [0.25, 0.3) is 0 Å². The standard InChI is InChI=1S/C13H22N2O2S/c1-10-7-12(11(2)15(10)3)8-14-9-13-5-4-6-18(13,16)17/h7,13-14H,4-6,8-9H2,1-3H3. The Morgan fingerprint density at radius 3 is 2.67 bits per heavy atom. The van der Waals surface area contributed by atoms with Crippen LogP contribution in [0.2, 0.25) is 0 Å². The monoisotopic (exact) mass is 270 g/mol. The number of sulfone groups is 1. The van der Waals surface area contributed by atoms with Crippen molar-refractivity contribution < 1.29 is 8.42 Å². The van der Waals surface area contributed by atoms with Crippen molar-refractivity contribution in [2.24, 2.45) is 7.05 Å². The maximum absolute atomic E-state index is 11.7. The largest absolute Gasteiger partial charge is 0.352 e. The van der Waals surface area contributed by atoms with Gasteiger partial charge in [-0.15, -0.1) is 0 Å². The van der Waals surface area contributed by atoms with Crippen LogP contribution in [0.15, 0.2) is 6.07 Å². The van der Waals surface area contributed by atoms with Gasteiger partial charge < -0.3 is 9.88 Å². The maximum Gasteiger partial charge on any atom is 0.154 e. The summed E-state index contributed by atoms with van der Waals surface area (Å²) < 4.78 is 25.5. The Hall–Kier alpha value is -0.810. The molecule has 0 saturated carbocycles. The van der Waals surface area contributed by atoms with Crippen LogP contribution in [-0.4, -0.2) is 30.5 Å². The predicted molar refractivity (Wildman–Crippen MR) is 73.4 cm³/mol. The predicted octanol–water partition coefficient (Wildman–Crippen LogP) is 1.31. The highest BCUT2D eigenvalue weighted by atomic mass is 32.2. The van der Waals surface area contributed by atoms with Crippen LogP contribution in [0.25, 0.3) is 0 Å². The summed E-state index contributed by atoms with van der Waals surface area (Å²) >= 11 is 0. The van der Waals surface area contributed by atoms with Crippen LogP contribution in [0.5, 0.6) is 0 Å². The second kappa shape index (κ2) is 5.05. The van der Waals surface area contributed by atoms with Gasteiger partial charge in [-0.2, -0.15) is 0 Å². The van der Waals surface area contributed by atoms with E-state index in [1.54, 1.807) is 0 Å². The van der Waals surface area contributed by atoms with Gasteiger partial charge in [0, 0.05) is 31.5 Å². The van der Waals surface area contributed by atoms with Crippen molar-refractivity contribution in [3.8, 4) is 0 Å². The molecule has 0 spiro atoms. The molecule has 0 radical (unpaired) electrons. The molecule has 4 nitrogen and oxygen atoms in total. The van der Waals surface area contributed by atoms with Crippen LogP contribution in [-0.2, 0) is 23.4 Å². The zero-order valence-corrected chi connectivity index (χ0v) is 12.2. The SMILES string of the molecule is Cc1cc(CNCC2CCCS2(=O)=O)c(C)n1C. The fourth-order valence-electron chi connectivity index (χ4n) is 2.57. The van der Waals surface area contributed by atoms with E-state index in [9.17, 15) is 8.42 Å². The van der Waals surface area contributed by atoms with Gasteiger partial charge in [-0.05, 0) is 38.3 Å². The molecule has 0 bridgehead atoms. The van der Waals surface area contributed by atoms with Crippen molar-refractivity contribution in [3.05, 3.63) is 23.0 Å². The molecule has 1 aliphatic heterocycles. The smallest absolute Gasteiger partial charge is 0.154 e. The molecule has 2 rings (SSSR count). The van der Waals surface area contributed by atoms with Gasteiger partial charge in [0.05, 0.1) is 11.0 Å². The molecule has 1 aliphatic rings. The van der Waals surface area contributed by atoms with Gasteiger partial charge in [-0.25, -0.2) is 8.42 Å². The number of nitrogens with one attached hydrogen (secondary N) is 1. The first kappa shape index (κ1) is 13.6. The van der Waals surface area contributed by atoms with Crippen molar-refractivity contribution in [2.45, 2.75) is 38.5 Å². The van der Waals surface area contributed by atoms with E-state index in [0.29, 0.717) is 12.3 Å². The number of aromatic nitrogens is 1. The summed E-state index contributed by atoms with van der Waals surface area (Å²) in [6.45, 7) is 5.50. The molecule has 102 valence electrons. The van der Waals surface area contributed by atoms with Gasteiger partial charge in [0.15, 0.2) is 9.84 Å². The van der Waals surface area contributed by atoms with Gasteiger partial charge in [-0.3, -0.25) is 0 Å². The highest BCUT2D eigenvalue weighted by molar-refractivity contribution is 7.92. The minimum absolute atomic E-state index is 0.178. The Balaban J connectivity index is 1.91. The lowest BCUT2D eigenvalue weighted by Crippen LogP contribution is -2.30. The van der Waals surface area contributed by atoms with E-state index < -0.39 is 9.84 Å². The molecule has 0 aromatic carbocycles. The van der Waals surface area contributed by atoms with E-state index in [2.05, 4.69) is 36.8 Å². The van der Waals surface area contributed by atoms with Crippen LogP contribution >= 0.6 is 0 Å². The molecule has 1 unspecified atom stereocenters. The van der Waals surface area contributed by atoms with Gasteiger partial charge in [0.1, 0.15) is 0 Å². The van der Waals surface area contributed by atoms with E-state index in [1.165, 1.54) is 17.0 Å².